The number of nitrogens with zero attached hydrogens (tertiary/aromatic N) is 3. The third kappa shape index (κ3) is 4.98. The largest absolute Gasteiger partial charge is 0.493 e. The molecule has 3 heterocycles. The molecule has 0 radical (unpaired) electrons. The molecule has 184 valence electrons. The minimum atomic E-state index is -0.191. The first-order valence-electron chi connectivity index (χ1n) is 12.1. The summed E-state index contributed by atoms with van der Waals surface area (Å²) in [6.45, 7) is 3.03. The number of pyridine rings is 1. The Morgan fingerprint density at radius 3 is 2.83 bits per heavy atom. The normalized spacial score (nSPS) is 14.5. The minimum absolute atomic E-state index is 0.191. The number of hydrogen-bond acceptors (Lipinski definition) is 7. The number of nitrogens with one attached hydrogen (secondary N) is 2. The predicted octanol–water partition coefficient (Wildman–Crippen LogP) is 4.69. The fraction of sp³-hybridized carbons (Fsp3) is 0.286. The molecule has 1 saturated heterocycles. The van der Waals surface area contributed by atoms with Gasteiger partial charge in [0.15, 0.2) is 11.5 Å². The number of ether oxygens (including phenoxy) is 2. The second-order valence-corrected chi connectivity index (χ2v) is 8.88. The molecule has 0 saturated carbocycles. The number of piperidine rings is 1. The molecule has 0 amide bonds. The van der Waals surface area contributed by atoms with Gasteiger partial charge in [0, 0.05) is 60.4 Å². The topological polar surface area (TPSA) is 106 Å². The summed E-state index contributed by atoms with van der Waals surface area (Å²) in [7, 11) is 1.62. The van der Waals surface area contributed by atoms with Crippen LogP contribution in [0.15, 0.2) is 61.1 Å². The molecule has 4 aromatic rings. The highest BCUT2D eigenvalue weighted by Crippen LogP contribution is 2.38. The van der Waals surface area contributed by atoms with E-state index in [4.69, 9.17) is 9.47 Å². The van der Waals surface area contributed by atoms with Gasteiger partial charge in [-0.05, 0) is 48.7 Å². The lowest BCUT2D eigenvalue weighted by Gasteiger charge is -2.29. The number of benzene rings is 2. The van der Waals surface area contributed by atoms with Crippen molar-refractivity contribution in [2.75, 3.05) is 38.7 Å². The quantitative estimate of drug-likeness (QED) is 0.334. The molecule has 1 aliphatic heterocycles. The number of nitriles is 1. The summed E-state index contributed by atoms with van der Waals surface area (Å²) in [5.74, 6) is 1.27. The van der Waals surface area contributed by atoms with Crippen LogP contribution in [0.1, 0.15) is 18.4 Å². The van der Waals surface area contributed by atoms with Gasteiger partial charge in [-0.3, -0.25) is 9.88 Å². The standard InChI is InChI=1S/C28H29N5O3/c1-35-26-6-5-19(15-27(26)36-14-13-33-11-8-21(34)9-12-33)23-18-30-17-20(16-29)28(23)32-25-4-2-3-24-22(25)7-10-31-24/h2-7,10,15,17-18,21,31,34H,8-9,11-14H2,1H3,(H,30,32). The molecular formula is C28H29N5O3. The summed E-state index contributed by atoms with van der Waals surface area (Å²) in [5, 5.41) is 24.1. The number of aliphatic hydroxyl groups excluding tert-OH is 1. The molecule has 0 atom stereocenters. The predicted molar refractivity (Wildman–Crippen MR) is 140 cm³/mol. The first-order chi connectivity index (χ1) is 17.7. The number of H-pyrrole nitrogens is 1. The lowest BCUT2D eigenvalue weighted by molar-refractivity contribution is 0.0752. The van der Waals surface area contributed by atoms with Gasteiger partial charge in [0.2, 0.25) is 0 Å². The first-order valence-corrected chi connectivity index (χ1v) is 12.1. The second-order valence-electron chi connectivity index (χ2n) is 8.88. The van der Waals surface area contributed by atoms with Gasteiger partial charge in [0.05, 0.1) is 24.5 Å². The van der Waals surface area contributed by atoms with Crippen LogP contribution in [0, 0.1) is 11.3 Å². The Labute approximate surface area is 210 Å². The van der Waals surface area contributed by atoms with Crippen LogP contribution in [0.3, 0.4) is 0 Å². The zero-order valence-corrected chi connectivity index (χ0v) is 20.2. The van der Waals surface area contributed by atoms with Crippen molar-refractivity contribution in [3.63, 3.8) is 0 Å². The van der Waals surface area contributed by atoms with Crippen molar-refractivity contribution in [2.45, 2.75) is 18.9 Å². The first kappa shape index (κ1) is 23.7. The molecule has 8 heteroatoms. The Hall–Kier alpha value is -4.06. The SMILES string of the molecule is COc1ccc(-c2cncc(C#N)c2Nc2cccc3[nH]ccc23)cc1OCCN1CCC(O)CC1. The summed E-state index contributed by atoms with van der Waals surface area (Å²) < 4.78 is 11.7. The summed E-state index contributed by atoms with van der Waals surface area (Å²) in [4.78, 5) is 9.84. The maximum Gasteiger partial charge on any atom is 0.161 e. The van der Waals surface area contributed by atoms with Crippen LogP contribution in [0.2, 0.25) is 0 Å². The molecule has 8 nitrogen and oxygen atoms in total. The molecule has 0 spiro atoms. The number of likely N-dealkylation sites (tertiary alicyclic amines) is 1. The van der Waals surface area contributed by atoms with Crippen molar-refractivity contribution in [3.05, 3.63) is 66.6 Å². The van der Waals surface area contributed by atoms with E-state index in [0.29, 0.717) is 29.4 Å². The van der Waals surface area contributed by atoms with E-state index in [0.717, 1.165) is 60.2 Å². The molecule has 2 aromatic carbocycles. The number of fused-ring (bicyclic) bond motifs is 1. The van der Waals surface area contributed by atoms with E-state index in [9.17, 15) is 10.4 Å². The molecule has 3 N–H and O–H groups in total. The Balaban J connectivity index is 1.43. The third-order valence-electron chi connectivity index (χ3n) is 6.62. The van der Waals surface area contributed by atoms with Gasteiger partial charge in [0.25, 0.3) is 0 Å². The van der Waals surface area contributed by atoms with Crippen molar-refractivity contribution in [1.29, 1.82) is 5.26 Å². The summed E-state index contributed by atoms with van der Waals surface area (Å²) in [6.07, 6.45) is 6.63. The maximum absolute atomic E-state index is 9.83. The van der Waals surface area contributed by atoms with Crippen molar-refractivity contribution in [2.24, 2.45) is 0 Å². The number of aromatic nitrogens is 2. The van der Waals surface area contributed by atoms with Crippen LogP contribution < -0.4 is 14.8 Å². The molecule has 2 aromatic heterocycles. The molecule has 5 rings (SSSR count). The lowest BCUT2D eigenvalue weighted by atomic mass is 10.0. The highest BCUT2D eigenvalue weighted by atomic mass is 16.5. The second kappa shape index (κ2) is 10.7. The highest BCUT2D eigenvalue weighted by molar-refractivity contribution is 5.96. The molecule has 0 aliphatic carbocycles. The number of methoxy groups -OCH3 is 1. The molecule has 0 unspecified atom stereocenters. The van der Waals surface area contributed by atoms with Gasteiger partial charge in [-0.25, -0.2) is 0 Å². The number of hydrogen-bond donors (Lipinski definition) is 3. The number of aliphatic hydroxyl groups is 1. The van der Waals surface area contributed by atoms with E-state index in [1.807, 2.05) is 48.7 Å². The van der Waals surface area contributed by atoms with Crippen LogP contribution in [0.5, 0.6) is 11.5 Å². The van der Waals surface area contributed by atoms with E-state index in [1.54, 1.807) is 19.5 Å². The van der Waals surface area contributed by atoms with Crippen LogP contribution in [-0.4, -0.2) is 59.4 Å². The van der Waals surface area contributed by atoms with Crippen molar-refractivity contribution < 1.29 is 14.6 Å². The summed E-state index contributed by atoms with van der Waals surface area (Å²) in [5.41, 5.74) is 4.70. The van der Waals surface area contributed by atoms with E-state index in [-0.39, 0.29) is 6.10 Å². The lowest BCUT2D eigenvalue weighted by Crippen LogP contribution is -2.38. The van der Waals surface area contributed by atoms with Gasteiger partial charge >= 0.3 is 0 Å². The Kier molecular flexibility index (Phi) is 7.03. The number of aromatic amines is 1. The molecule has 0 bridgehead atoms. The fourth-order valence-corrected chi connectivity index (χ4v) is 4.61. The Morgan fingerprint density at radius 2 is 2.03 bits per heavy atom. The Morgan fingerprint density at radius 1 is 1.17 bits per heavy atom. The average Bonchev–Trinajstić information content (AvgIpc) is 3.40. The van der Waals surface area contributed by atoms with Crippen molar-refractivity contribution in [3.8, 4) is 28.7 Å². The highest BCUT2D eigenvalue weighted by Gasteiger charge is 2.18. The fourth-order valence-electron chi connectivity index (χ4n) is 4.61. The van der Waals surface area contributed by atoms with Crippen molar-refractivity contribution in [1.82, 2.24) is 14.9 Å². The monoisotopic (exact) mass is 483 g/mol. The zero-order chi connectivity index (χ0) is 24.9. The van der Waals surface area contributed by atoms with Gasteiger partial charge < -0.3 is 24.9 Å². The minimum Gasteiger partial charge on any atom is -0.493 e. The molecule has 1 fully saturated rings. The van der Waals surface area contributed by atoms with Crippen LogP contribution in [0.25, 0.3) is 22.0 Å². The third-order valence-corrected chi connectivity index (χ3v) is 6.62. The molecule has 1 aliphatic rings. The summed E-state index contributed by atoms with van der Waals surface area (Å²) in [6, 6.07) is 16.0. The Bertz CT molecular complexity index is 1390. The van der Waals surface area contributed by atoms with Crippen molar-refractivity contribution >= 4 is 22.3 Å². The van der Waals surface area contributed by atoms with E-state index in [1.165, 1.54) is 0 Å². The summed E-state index contributed by atoms with van der Waals surface area (Å²) >= 11 is 0. The van der Waals surface area contributed by atoms with Gasteiger partial charge in [-0.15, -0.1) is 0 Å². The van der Waals surface area contributed by atoms with Crippen LogP contribution in [-0.2, 0) is 0 Å². The number of rotatable bonds is 8. The van der Waals surface area contributed by atoms with Gasteiger partial charge in [0.1, 0.15) is 12.7 Å². The smallest absolute Gasteiger partial charge is 0.161 e. The molecule has 36 heavy (non-hydrogen) atoms. The maximum atomic E-state index is 9.83. The number of anilines is 2. The van der Waals surface area contributed by atoms with Crippen LogP contribution in [0.4, 0.5) is 11.4 Å². The van der Waals surface area contributed by atoms with Gasteiger partial charge in [-0.2, -0.15) is 5.26 Å². The van der Waals surface area contributed by atoms with E-state index < -0.39 is 0 Å². The zero-order valence-electron chi connectivity index (χ0n) is 20.2. The van der Waals surface area contributed by atoms with Crippen LogP contribution >= 0.6 is 0 Å². The van der Waals surface area contributed by atoms with Gasteiger partial charge in [-0.1, -0.05) is 12.1 Å². The average molecular weight is 484 g/mol. The van der Waals surface area contributed by atoms with E-state index in [2.05, 4.69) is 26.3 Å². The molecular weight excluding hydrogens is 454 g/mol. The van der Waals surface area contributed by atoms with E-state index >= 15 is 0 Å².